The Morgan fingerprint density at radius 2 is 2.21 bits per heavy atom. The van der Waals surface area contributed by atoms with E-state index in [0.717, 1.165) is 23.5 Å². The van der Waals surface area contributed by atoms with E-state index in [1.54, 1.807) is 19.2 Å². The van der Waals surface area contributed by atoms with E-state index >= 15 is 0 Å². The first kappa shape index (κ1) is 10.9. The fraction of sp³-hybridized carbons (Fsp3) is 0.273. The highest BCUT2D eigenvalue weighted by atomic mass is 35.5. The third-order valence-corrected chi connectivity index (χ3v) is 2.10. The zero-order valence-electron chi connectivity index (χ0n) is 8.42. The van der Waals surface area contributed by atoms with E-state index in [9.17, 15) is 0 Å². The number of allylic oxidation sites excluding steroid dienone is 5. The summed E-state index contributed by atoms with van der Waals surface area (Å²) in [4.78, 5) is 8.42. The SMILES string of the molecule is C=C1C=C(Cl)C=CC1=NC(CC)=NC. The molecule has 2 nitrogen and oxygen atoms in total. The van der Waals surface area contributed by atoms with Crippen LogP contribution in [0.4, 0.5) is 0 Å². The average molecular weight is 209 g/mol. The molecular weight excluding hydrogens is 196 g/mol. The van der Waals surface area contributed by atoms with Crippen molar-refractivity contribution in [2.75, 3.05) is 7.05 Å². The lowest BCUT2D eigenvalue weighted by molar-refractivity contribution is 1.21. The zero-order chi connectivity index (χ0) is 10.6. The predicted molar refractivity (Wildman–Crippen MR) is 63.3 cm³/mol. The van der Waals surface area contributed by atoms with Gasteiger partial charge in [-0.2, -0.15) is 0 Å². The van der Waals surface area contributed by atoms with Crippen LogP contribution in [0.2, 0.25) is 0 Å². The first-order chi connectivity index (χ1) is 6.67. The molecule has 0 spiro atoms. The molecule has 0 aromatic rings. The van der Waals surface area contributed by atoms with Crippen molar-refractivity contribution in [2.45, 2.75) is 13.3 Å². The van der Waals surface area contributed by atoms with Crippen molar-refractivity contribution >= 4 is 23.1 Å². The van der Waals surface area contributed by atoms with Crippen molar-refractivity contribution in [3.8, 4) is 0 Å². The largest absolute Gasteiger partial charge is 0.274 e. The molecule has 0 aromatic carbocycles. The maximum absolute atomic E-state index is 5.81. The number of amidine groups is 1. The fourth-order valence-electron chi connectivity index (χ4n) is 1.09. The van der Waals surface area contributed by atoms with Gasteiger partial charge in [-0.15, -0.1) is 0 Å². The van der Waals surface area contributed by atoms with E-state index in [1.807, 2.05) is 13.0 Å². The van der Waals surface area contributed by atoms with E-state index in [-0.39, 0.29) is 0 Å². The third kappa shape index (κ3) is 2.67. The first-order valence-electron chi connectivity index (χ1n) is 4.46. The number of hydrogen-bond acceptors (Lipinski definition) is 1. The standard InChI is InChI=1S/C11H13ClN2/c1-4-11(13-3)14-10-6-5-9(12)7-8(10)2/h5-7H,2,4H2,1,3H3. The molecule has 14 heavy (non-hydrogen) atoms. The molecular formula is C11H13ClN2. The van der Waals surface area contributed by atoms with Crippen molar-refractivity contribution < 1.29 is 0 Å². The van der Waals surface area contributed by atoms with Crippen LogP contribution in [0.5, 0.6) is 0 Å². The van der Waals surface area contributed by atoms with Gasteiger partial charge in [-0.25, -0.2) is 4.99 Å². The maximum atomic E-state index is 5.81. The molecule has 0 saturated heterocycles. The van der Waals surface area contributed by atoms with Crippen molar-refractivity contribution in [2.24, 2.45) is 9.98 Å². The molecule has 1 rings (SSSR count). The monoisotopic (exact) mass is 208 g/mol. The Morgan fingerprint density at radius 1 is 1.50 bits per heavy atom. The van der Waals surface area contributed by atoms with Crippen LogP contribution in [0.25, 0.3) is 0 Å². The summed E-state index contributed by atoms with van der Waals surface area (Å²) < 4.78 is 0. The molecule has 0 bridgehead atoms. The molecule has 0 atom stereocenters. The molecule has 74 valence electrons. The van der Waals surface area contributed by atoms with Crippen LogP contribution in [0.3, 0.4) is 0 Å². The minimum Gasteiger partial charge on any atom is -0.274 e. The van der Waals surface area contributed by atoms with Crippen LogP contribution in [0, 0.1) is 0 Å². The quantitative estimate of drug-likeness (QED) is 0.467. The van der Waals surface area contributed by atoms with Crippen molar-refractivity contribution in [1.29, 1.82) is 0 Å². The van der Waals surface area contributed by atoms with Gasteiger partial charge in [0.2, 0.25) is 0 Å². The molecule has 0 aliphatic heterocycles. The Bertz CT molecular complexity index is 359. The van der Waals surface area contributed by atoms with Crippen LogP contribution < -0.4 is 0 Å². The van der Waals surface area contributed by atoms with Gasteiger partial charge in [-0.05, 0) is 23.8 Å². The topological polar surface area (TPSA) is 24.7 Å². The Labute approximate surface area is 89.4 Å². The highest BCUT2D eigenvalue weighted by Crippen LogP contribution is 2.15. The molecule has 0 N–H and O–H groups in total. The van der Waals surface area contributed by atoms with Gasteiger partial charge in [-0.3, -0.25) is 4.99 Å². The Morgan fingerprint density at radius 3 is 2.71 bits per heavy atom. The Balaban J connectivity index is 2.92. The Kier molecular flexibility index (Phi) is 3.84. The van der Waals surface area contributed by atoms with Gasteiger partial charge in [0.1, 0.15) is 5.84 Å². The van der Waals surface area contributed by atoms with Crippen LogP contribution in [-0.4, -0.2) is 18.6 Å². The molecule has 0 fully saturated rings. The fourth-order valence-corrected chi connectivity index (χ4v) is 1.28. The average Bonchev–Trinajstić information content (AvgIpc) is 2.17. The predicted octanol–water partition coefficient (Wildman–Crippen LogP) is 3.11. The van der Waals surface area contributed by atoms with Gasteiger partial charge in [0.15, 0.2) is 0 Å². The molecule has 0 aromatic heterocycles. The number of aliphatic imine (C=N–C) groups is 2. The summed E-state index contributed by atoms with van der Waals surface area (Å²) in [5.41, 5.74) is 1.66. The molecule has 0 heterocycles. The first-order valence-corrected chi connectivity index (χ1v) is 4.84. The van der Waals surface area contributed by atoms with Gasteiger partial charge in [0.25, 0.3) is 0 Å². The van der Waals surface area contributed by atoms with Gasteiger partial charge in [-0.1, -0.05) is 25.1 Å². The minimum absolute atomic E-state index is 0.681. The second-order valence-corrected chi connectivity index (χ2v) is 3.31. The number of nitrogens with zero attached hydrogens (tertiary/aromatic N) is 2. The van der Waals surface area contributed by atoms with Crippen molar-refractivity contribution in [3.63, 3.8) is 0 Å². The van der Waals surface area contributed by atoms with Crippen LogP contribution >= 0.6 is 11.6 Å². The molecule has 0 amide bonds. The van der Waals surface area contributed by atoms with Crippen molar-refractivity contribution in [1.82, 2.24) is 0 Å². The second-order valence-electron chi connectivity index (χ2n) is 2.88. The lowest BCUT2D eigenvalue weighted by Crippen LogP contribution is -2.04. The molecule has 0 unspecified atom stereocenters. The molecule has 3 heteroatoms. The van der Waals surface area contributed by atoms with E-state index in [1.165, 1.54) is 0 Å². The highest BCUT2D eigenvalue weighted by Gasteiger charge is 2.05. The van der Waals surface area contributed by atoms with E-state index in [4.69, 9.17) is 11.6 Å². The van der Waals surface area contributed by atoms with Crippen LogP contribution in [0.1, 0.15) is 13.3 Å². The maximum Gasteiger partial charge on any atom is 0.123 e. The summed E-state index contributed by atoms with van der Waals surface area (Å²) in [5.74, 6) is 0.817. The zero-order valence-corrected chi connectivity index (χ0v) is 9.17. The number of rotatable bonds is 1. The van der Waals surface area contributed by atoms with E-state index in [0.29, 0.717) is 5.03 Å². The summed E-state index contributed by atoms with van der Waals surface area (Å²) in [5, 5.41) is 0.681. The van der Waals surface area contributed by atoms with Crippen molar-refractivity contribution in [3.05, 3.63) is 35.4 Å². The minimum atomic E-state index is 0.681. The summed E-state index contributed by atoms with van der Waals surface area (Å²) in [6.45, 7) is 5.89. The van der Waals surface area contributed by atoms with Gasteiger partial charge in [0.05, 0.1) is 5.71 Å². The van der Waals surface area contributed by atoms with E-state index < -0.39 is 0 Å². The molecule has 0 radical (unpaired) electrons. The smallest absolute Gasteiger partial charge is 0.123 e. The summed E-state index contributed by atoms with van der Waals surface area (Å²) >= 11 is 5.81. The number of hydrogen-bond donors (Lipinski definition) is 0. The van der Waals surface area contributed by atoms with Crippen LogP contribution in [0.15, 0.2) is 45.4 Å². The van der Waals surface area contributed by atoms with Crippen LogP contribution in [-0.2, 0) is 0 Å². The number of halogens is 1. The molecule has 0 saturated carbocycles. The lowest BCUT2D eigenvalue weighted by atomic mass is 10.1. The Hall–Kier alpha value is -1.15. The molecule has 1 aliphatic rings. The van der Waals surface area contributed by atoms with Gasteiger partial charge in [0, 0.05) is 18.5 Å². The van der Waals surface area contributed by atoms with E-state index in [2.05, 4.69) is 16.6 Å². The lowest BCUT2D eigenvalue weighted by Gasteiger charge is -2.06. The second kappa shape index (κ2) is 4.91. The normalized spacial score (nSPS) is 20.2. The highest BCUT2D eigenvalue weighted by molar-refractivity contribution is 6.33. The third-order valence-electron chi connectivity index (χ3n) is 1.87. The molecule has 1 aliphatic carbocycles. The van der Waals surface area contributed by atoms with Gasteiger partial charge < -0.3 is 0 Å². The summed E-state index contributed by atoms with van der Waals surface area (Å²) in [6.07, 6.45) is 6.27. The van der Waals surface area contributed by atoms with Gasteiger partial charge >= 0.3 is 0 Å². The summed E-state index contributed by atoms with van der Waals surface area (Å²) in [7, 11) is 1.74. The summed E-state index contributed by atoms with van der Waals surface area (Å²) in [6, 6.07) is 0.